The van der Waals surface area contributed by atoms with Gasteiger partial charge in [0.05, 0.1) is 5.69 Å². The van der Waals surface area contributed by atoms with Crippen molar-refractivity contribution in [3.63, 3.8) is 0 Å². The highest BCUT2D eigenvalue weighted by Crippen LogP contribution is 2.19. The van der Waals surface area contributed by atoms with Gasteiger partial charge in [0, 0.05) is 26.5 Å². The van der Waals surface area contributed by atoms with Crippen molar-refractivity contribution in [3.8, 4) is 11.5 Å². The molecular formula is C11H12N4O2. The third-order valence-corrected chi connectivity index (χ3v) is 2.26. The predicted octanol–water partition coefficient (Wildman–Crippen LogP) is 1.24. The van der Waals surface area contributed by atoms with E-state index in [0.29, 0.717) is 11.6 Å². The van der Waals surface area contributed by atoms with Gasteiger partial charge in [-0.2, -0.15) is 0 Å². The third-order valence-electron chi connectivity index (χ3n) is 2.26. The van der Waals surface area contributed by atoms with Gasteiger partial charge in [-0.15, -0.1) is 0 Å². The molecule has 0 bridgehead atoms. The molecule has 88 valence electrons. The van der Waals surface area contributed by atoms with E-state index < -0.39 is 5.97 Å². The zero-order valence-electron chi connectivity index (χ0n) is 9.51. The van der Waals surface area contributed by atoms with Crippen LogP contribution in [-0.2, 0) is 0 Å². The summed E-state index contributed by atoms with van der Waals surface area (Å²) in [5, 5.41) is 9.02. The van der Waals surface area contributed by atoms with Crippen LogP contribution in [0, 0.1) is 0 Å². The summed E-state index contributed by atoms with van der Waals surface area (Å²) in [6, 6.07) is 3.66. The van der Waals surface area contributed by atoms with E-state index in [2.05, 4.69) is 15.0 Å². The van der Waals surface area contributed by atoms with Crippen molar-refractivity contribution in [3.05, 3.63) is 30.1 Å². The summed E-state index contributed by atoms with van der Waals surface area (Å²) in [4.78, 5) is 23.9. The molecule has 2 aromatic heterocycles. The Balaban J connectivity index is 2.53. The van der Waals surface area contributed by atoms with Crippen molar-refractivity contribution >= 4 is 11.8 Å². The minimum Gasteiger partial charge on any atom is -0.477 e. The van der Waals surface area contributed by atoms with Gasteiger partial charge in [-0.05, 0) is 12.1 Å². The number of carboxylic acids is 1. The zero-order chi connectivity index (χ0) is 12.4. The Morgan fingerprint density at radius 2 is 2.24 bits per heavy atom. The van der Waals surface area contributed by atoms with Crippen LogP contribution in [0.25, 0.3) is 11.5 Å². The van der Waals surface area contributed by atoms with E-state index >= 15 is 0 Å². The summed E-state index contributed by atoms with van der Waals surface area (Å²) < 4.78 is 0. The predicted molar refractivity (Wildman–Crippen MR) is 63.1 cm³/mol. The van der Waals surface area contributed by atoms with Crippen molar-refractivity contribution < 1.29 is 9.90 Å². The van der Waals surface area contributed by atoms with Gasteiger partial charge in [-0.1, -0.05) is 0 Å². The lowest BCUT2D eigenvalue weighted by Gasteiger charge is -2.14. The Labute approximate surface area is 97.9 Å². The first kappa shape index (κ1) is 11.1. The maximum absolute atomic E-state index is 11.0. The number of nitrogens with zero attached hydrogens (tertiary/aromatic N) is 3. The van der Waals surface area contributed by atoms with E-state index in [1.165, 1.54) is 6.20 Å². The summed E-state index contributed by atoms with van der Waals surface area (Å²) in [6.45, 7) is 0. The lowest BCUT2D eigenvalue weighted by atomic mass is 10.3. The molecule has 0 aliphatic rings. The van der Waals surface area contributed by atoms with Crippen LogP contribution >= 0.6 is 0 Å². The number of aromatic nitrogens is 3. The fourth-order valence-electron chi connectivity index (χ4n) is 1.46. The molecule has 6 nitrogen and oxygen atoms in total. The van der Waals surface area contributed by atoms with Crippen LogP contribution in [0.1, 0.15) is 10.4 Å². The number of hydrogen-bond acceptors (Lipinski definition) is 4. The molecule has 2 heterocycles. The summed E-state index contributed by atoms with van der Waals surface area (Å²) in [6.07, 6.45) is 3.08. The number of anilines is 1. The van der Waals surface area contributed by atoms with Crippen LogP contribution in [0.15, 0.2) is 24.5 Å². The lowest BCUT2D eigenvalue weighted by Crippen LogP contribution is -2.16. The van der Waals surface area contributed by atoms with E-state index in [9.17, 15) is 4.79 Å². The van der Waals surface area contributed by atoms with Crippen molar-refractivity contribution in [2.24, 2.45) is 0 Å². The molecule has 0 fully saturated rings. The largest absolute Gasteiger partial charge is 0.477 e. The number of carbonyl (C=O) groups is 1. The Kier molecular flexibility index (Phi) is 2.78. The maximum Gasteiger partial charge on any atom is 0.341 e. The van der Waals surface area contributed by atoms with Crippen molar-refractivity contribution in [1.82, 2.24) is 15.0 Å². The second kappa shape index (κ2) is 4.25. The summed E-state index contributed by atoms with van der Waals surface area (Å²) in [5.41, 5.74) is 0.843. The molecule has 0 aromatic carbocycles. The number of hydrogen-bond donors (Lipinski definition) is 2. The third kappa shape index (κ3) is 2.10. The fourth-order valence-corrected chi connectivity index (χ4v) is 1.46. The molecule has 0 aliphatic heterocycles. The summed E-state index contributed by atoms with van der Waals surface area (Å²) in [7, 11) is 3.49. The van der Waals surface area contributed by atoms with Crippen molar-refractivity contribution in [2.75, 3.05) is 19.0 Å². The molecule has 2 N–H and O–H groups in total. The molecule has 2 rings (SSSR count). The number of carboxylic acid groups (broad SMARTS) is 1. The average molecular weight is 232 g/mol. The second-order valence-electron chi connectivity index (χ2n) is 3.71. The molecule has 0 unspecified atom stereocenters. The molecule has 0 saturated carbocycles. The van der Waals surface area contributed by atoms with Crippen LogP contribution in [0.2, 0.25) is 0 Å². The fraction of sp³-hybridized carbons (Fsp3) is 0.182. The van der Waals surface area contributed by atoms with Gasteiger partial charge in [0.2, 0.25) is 0 Å². The molecule has 0 spiro atoms. The molecule has 0 aliphatic carbocycles. The van der Waals surface area contributed by atoms with Gasteiger partial charge in [-0.25, -0.2) is 14.8 Å². The van der Waals surface area contributed by atoms with Crippen LogP contribution in [0.5, 0.6) is 0 Å². The monoisotopic (exact) mass is 232 g/mol. The van der Waals surface area contributed by atoms with E-state index in [1.807, 2.05) is 12.1 Å². The number of nitrogens with one attached hydrogen (secondary N) is 1. The van der Waals surface area contributed by atoms with Gasteiger partial charge in [0.1, 0.15) is 11.4 Å². The molecule has 0 atom stereocenters. The highest BCUT2D eigenvalue weighted by molar-refractivity contribution is 5.93. The average Bonchev–Trinajstić information content (AvgIpc) is 2.81. The number of aromatic amines is 1. The highest BCUT2D eigenvalue weighted by atomic mass is 16.4. The highest BCUT2D eigenvalue weighted by Gasteiger charge is 2.15. The Morgan fingerprint density at radius 3 is 2.76 bits per heavy atom. The first-order valence-electron chi connectivity index (χ1n) is 5.01. The Bertz CT molecular complexity index is 534. The van der Waals surface area contributed by atoms with E-state index in [0.717, 1.165) is 5.69 Å². The van der Waals surface area contributed by atoms with Crippen molar-refractivity contribution in [1.29, 1.82) is 0 Å². The van der Waals surface area contributed by atoms with Crippen LogP contribution in [0.3, 0.4) is 0 Å². The molecule has 0 saturated heterocycles. The lowest BCUT2D eigenvalue weighted by molar-refractivity contribution is 0.0697. The molecule has 6 heteroatoms. The quantitative estimate of drug-likeness (QED) is 0.831. The van der Waals surface area contributed by atoms with Crippen molar-refractivity contribution in [2.45, 2.75) is 0 Å². The maximum atomic E-state index is 11.0. The smallest absolute Gasteiger partial charge is 0.341 e. The van der Waals surface area contributed by atoms with Gasteiger partial charge in [0.25, 0.3) is 0 Å². The normalized spacial score (nSPS) is 10.2. The van der Waals surface area contributed by atoms with E-state index in [4.69, 9.17) is 5.11 Å². The number of rotatable bonds is 3. The van der Waals surface area contributed by atoms with Crippen LogP contribution in [-0.4, -0.2) is 40.1 Å². The summed E-state index contributed by atoms with van der Waals surface area (Å²) in [5.74, 6) is -0.174. The standard InChI is InChI=1S/C11H12N4O2/c1-15(2)10-7(11(16)17)6-13-9(14-10)8-4-3-5-12-8/h3-6,12H,1-2H3,(H,16,17). The SMILES string of the molecule is CN(C)c1nc(-c2ccc[nH]2)ncc1C(=O)O. The number of aromatic carboxylic acids is 1. The van der Waals surface area contributed by atoms with Crippen LogP contribution < -0.4 is 4.90 Å². The molecule has 2 aromatic rings. The minimum absolute atomic E-state index is 0.0882. The first-order valence-corrected chi connectivity index (χ1v) is 5.01. The van der Waals surface area contributed by atoms with Crippen LogP contribution in [0.4, 0.5) is 5.82 Å². The topological polar surface area (TPSA) is 82.1 Å². The van der Waals surface area contributed by atoms with E-state index in [-0.39, 0.29) is 5.56 Å². The Hall–Kier alpha value is -2.37. The first-order chi connectivity index (χ1) is 8.09. The Morgan fingerprint density at radius 1 is 1.47 bits per heavy atom. The molecule has 0 radical (unpaired) electrons. The molecular weight excluding hydrogens is 220 g/mol. The van der Waals surface area contributed by atoms with E-state index in [1.54, 1.807) is 25.2 Å². The van der Waals surface area contributed by atoms with Gasteiger partial charge < -0.3 is 15.0 Å². The van der Waals surface area contributed by atoms with Gasteiger partial charge in [0.15, 0.2) is 5.82 Å². The zero-order valence-corrected chi connectivity index (χ0v) is 9.51. The number of H-pyrrole nitrogens is 1. The molecule has 0 amide bonds. The molecule has 17 heavy (non-hydrogen) atoms. The minimum atomic E-state index is -1.04. The van der Waals surface area contributed by atoms with Gasteiger partial charge in [-0.3, -0.25) is 0 Å². The van der Waals surface area contributed by atoms with Gasteiger partial charge >= 0.3 is 5.97 Å². The second-order valence-corrected chi connectivity index (χ2v) is 3.71. The summed E-state index contributed by atoms with van der Waals surface area (Å²) >= 11 is 0.